The van der Waals surface area contributed by atoms with Crippen LogP contribution in [0.2, 0.25) is 0 Å². The number of allylic oxidation sites excluding steroid dienone is 1. The smallest absolute Gasteiger partial charge is 0.343 e. The van der Waals surface area contributed by atoms with Crippen molar-refractivity contribution in [3.8, 4) is 23.0 Å². The first-order valence-electron chi connectivity index (χ1n) is 15.4. The van der Waals surface area contributed by atoms with E-state index < -0.39 is 18.0 Å². The zero-order valence-electron chi connectivity index (χ0n) is 27.6. The normalized spacial score (nSPS) is 14.1. The summed E-state index contributed by atoms with van der Waals surface area (Å²) in [6.45, 7) is 5.70. The van der Waals surface area contributed by atoms with Crippen LogP contribution in [0.25, 0.3) is 6.08 Å². The monoisotopic (exact) mass is 750 g/mol. The average Bonchev–Trinajstić information content (AvgIpc) is 3.40. The Hall–Kier alpha value is -4.88. The summed E-state index contributed by atoms with van der Waals surface area (Å²) in [6.07, 6.45) is 1.74. The van der Waals surface area contributed by atoms with Crippen molar-refractivity contribution in [1.29, 1.82) is 0 Å². The predicted octanol–water partition coefficient (Wildman–Crippen LogP) is 5.10. The molecule has 1 aromatic heterocycles. The Balaban J connectivity index is 1.60. The molecule has 0 aliphatic carbocycles. The maximum Gasteiger partial charge on any atom is 0.343 e. The second-order valence-electron chi connectivity index (χ2n) is 10.6. The van der Waals surface area contributed by atoms with Crippen molar-refractivity contribution >= 4 is 45.3 Å². The first-order chi connectivity index (χ1) is 23.7. The number of hydrogen-bond acceptors (Lipinski definition) is 11. The van der Waals surface area contributed by atoms with Crippen molar-refractivity contribution in [2.24, 2.45) is 4.99 Å². The van der Waals surface area contributed by atoms with Crippen LogP contribution in [0.1, 0.15) is 43.5 Å². The lowest BCUT2D eigenvalue weighted by Gasteiger charge is -2.25. The van der Waals surface area contributed by atoms with E-state index in [-0.39, 0.29) is 24.3 Å². The number of carbonyl (C=O) groups is 2. The second-order valence-corrected chi connectivity index (χ2v) is 12.5. The van der Waals surface area contributed by atoms with E-state index in [9.17, 15) is 14.4 Å². The van der Waals surface area contributed by atoms with Crippen LogP contribution >= 0.6 is 27.3 Å². The first kappa shape index (κ1) is 35.4. The molecule has 13 heteroatoms. The molecule has 11 nitrogen and oxygen atoms in total. The van der Waals surface area contributed by atoms with Gasteiger partial charge in [-0.3, -0.25) is 9.36 Å². The van der Waals surface area contributed by atoms with Crippen molar-refractivity contribution in [3.63, 3.8) is 0 Å². The summed E-state index contributed by atoms with van der Waals surface area (Å²) in [7, 11) is 2.82. The van der Waals surface area contributed by atoms with Gasteiger partial charge in [0.15, 0.2) is 34.4 Å². The van der Waals surface area contributed by atoms with E-state index in [1.54, 1.807) is 57.4 Å². The molecule has 4 aromatic rings. The molecule has 5 rings (SSSR count). The summed E-state index contributed by atoms with van der Waals surface area (Å²) < 4.78 is 35.8. The minimum Gasteiger partial charge on any atom is -0.493 e. The third kappa shape index (κ3) is 7.89. The van der Waals surface area contributed by atoms with Crippen LogP contribution in [0.3, 0.4) is 0 Å². The summed E-state index contributed by atoms with van der Waals surface area (Å²) in [6, 6.07) is 17.5. The maximum atomic E-state index is 14.2. The van der Waals surface area contributed by atoms with Gasteiger partial charge in [-0.15, -0.1) is 0 Å². The summed E-state index contributed by atoms with van der Waals surface area (Å²) in [5, 5.41) is 0. The summed E-state index contributed by atoms with van der Waals surface area (Å²) in [5.41, 5.74) is 2.52. The molecular weight excluding hydrogens is 716 g/mol. The number of thiazole rings is 1. The molecule has 0 spiro atoms. The minimum absolute atomic E-state index is 0.137. The van der Waals surface area contributed by atoms with Gasteiger partial charge in [-0.2, -0.15) is 0 Å². The fraction of sp³-hybridized carbons (Fsp3) is 0.278. The van der Waals surface area contributed by atoms with E-state index >= 15 is 0 Å². The zero-order chi connectivity index (χ0) is 35.1. The molecule has 49 heavy (non-hydrogen) atoms. The van der Waals surface area contributed by atoms with Crippen LogP contribution in [0.4, 0.5) is 0 Å². The highest BCUT2D eigenvalue weighted by Crippen LogP contribution is 2.37. The highest BCUT2D eigenvalue weighted by molar-refractivity contribution is 9.10. The van der Waals surface area contributed by atoms with Crippen molar-refractivity contribution in [1.82, 2.24) is 4.57 Å². The summed E-state index contributed by atoms with van der Waals surface area (Å²) in [5.74, 6) is 0.516. The first-order valence-corrected chi connectivity index (χ1v) is 17.0. The van der Waals surface area contributed by atoms with Gasteiger partial charge in [0.25, 0.3) is 5.56 Å². The van der Waals surface area contributed by atoms with Crippen molar-refractivity contribution in [2.75, 3.05) is 34.0 Å². The van der Waals surface area contributed by atoms with E-state index in [2.05, 4.69) is 25.7 Å². The molecule has 1 aliphatic rings. The lowest BCUT2D eigenvalue weighted by Crippen LogP contribution is -2.40. The van der Waals surface area contributed by atoms with Crippen LogP contribution in [0, 0.1) is 0 Å². The van der Waals surface area contributed by atoms with Gasteiger partial charge in [0.05, 0.1) is 49.3 Å². The van der Waals surface area contributed by atoms with E-state index in [1.807, 2.05) is 37.3 Å². The Morgan fingerprint density at radius 1 is 0.939 bits per heavy atom. The van der Waals surface area contributed by atoms with Gasteiger partial charge in [-0.25, -0.2) is 14.6 Å². The Labute approximate surface area is 295 Å². The van der Waals surface area contributed by atoms with Crippen LogP contribution in [0.15, 0.2) is 86.2 Å². The number of ether oxygens (including phenoxy) is 6. The number of hydrogen-bond donors (Lipinski definition) is 0. The van der Waals surface area contributed by atoms with Gasteiger partial charge in [0.1, 0.15) is 6.61 Å². The van der Waals surface area contributed by atoms with Crippen molar-refractivity contribution < 1.29 is 38.0 Å². The number of methoxy groups -OCH3 is 2. The molecule has 2 heterocycles. The Bertz CT molecular complexity index is 2070. The standard InChI is InChI=1S/C36H35BrN2O9S/c1-6-45-28-15-23(13-14-26(28)48-20-31(40)44-5)33-32(35(42)46-7-2)21(3)38-36-39(33)34(41)30(49-36)17-24-16-27(43-4)29(18-25(24)37)47-19-22-11-9-8-10-12-22/h8-18,33H,6-7,19-20H2,1-5H3/b30-17-/t33-/m1/s1. The largest absolute Gasteiger partial charge is 0.493 e. The Morgan fingerprint density at radius 2 is 1.69 bits per heavy atom. The topological polar surface area (TPSA) is 124 Å². The molecule has 256 valence electrons. The quantitative estimate of drug-likeness (QED) is 0.172. The average molecular weight is 752 g/mol. The van der Waals surface area contributed by atoms with Gasteiger partial charge in [-0.05, 0) is 67.8 Å². The van der Waals surface area contributed by atoms with Gasteiger partial charge in [0, 0.05) is 4.47 Å². The third-order valence-electron chi connectivity index (χ3n) is 7.48. The number of esters is 2. The molecular formula is C36H35BrN2O9S. The number of rotatable bonds is 13. The molecule has 1 atom stereocenters. The second kappa shape index (κ2) is 16.0. The lowest BCUT2D eigenvalue weighted by atomic mass is 9.95. The number of benzene rings is 3. The van der Waals surface area contributed by atoms with E-state index in [0.717, 1.165) is 5.56 Å². The van der Waals surface area contributed by atoms with E-state index in [4.69, 9.17) is 23.7 Å². The SMILES string of the molecule is CCOC(=O)C1=C(C)N=c2s/c(=C\c3cc(OC)c(OCc4ccccc4)cc3Br)c(=O)n2[C@@H]1c1ccc(OCC(=O)OC)c(OCC)c1. The van der Waals surface area contributed by atoms with Crippen molar-refractivity contribution in [3.05, 3.63) is 113 Å². The number of nitrogens with zero attached hydrogens (tertiary/aromatic N) is 2. The Morgan fingerprint density at radius 3 is 2.39 bits per heavy atom. The van der Waals surface area contributed by atoms with Gasteiger partial charge in [0.2, 0.25) is 0 Å². The molecule has 0 amide bonds. The number of carbonyl (C=O) groups excluding carboxylic acids is 2. The highest BCUT2D eigenvalue weighted by atomic mass is 79.9. The molecule has 1 aliphatic heterocycles. The number of halogens is 1. The molecule has 0 bridgehead atoms. The molecule has 0 saturated carbocycles. The third-order valence-corrected chi connectivity index (χ3v) is 9.15. The molecule has 0 radical (unpaired) electrons. The Kier molecular flexibility index (Phi) is 11.6. The van der Waals surface area contributed by atoms with E-state index in [0.29, 0.717) is 66.8 Å². The highest BCUT2D eigenvalue weighted by Gasteiger charge is 2.34. The molecule has 0 saturated heterocycles. The predicted molar refractivity (Wildman–Crippen MR) is 187 cm³/mol. The van der Waals surface area contributed by atoms with Crippen LogP contribution in [0.5, 0.6) is 23.0 Å². The lowest BCUT2D eigenvalue weighted by molar-refractivity contribution is -0.143. The zero-order valence-corrected chi connectivity index (χ0v) is 30.0. The van der Waals surface area contributed by atoms with E-state index in [1.165, 1.54) is 23.0 Å². The summed E-state index contributed by atoms with van der Waals surface area (Å²) in [4.78, 5) is 44.4. The molecule has 0 fully saturated rings. The minimum atomic E-state index is -0.891. The maximum absolute atomic E-state index is 14.2. The molecule has 3 aromatic carbocycles. The van der Waals surface area contributed by atoms with Crippen LogP contribution in [-0.2, 0) is 25.7 Å². The van der Waals surface area contributed by atoms with Crippen LogP contribution in [-0.4, -0.2) is 50.5 Å². The number of aromatic nitrogens is 1. The number of fused-ring (bicyclic) bond motifs is 1. The van der Waals surface area contributed by atoms with Gasteiger partial charge in [-0.1, -0.05) is 63.7 Å². The van der Waals surface area contributed by atoms with Gasteiger partial charge >= 0.3 is 11.9 Å². The fourth-order valence-electron chi connectivity index (χ4n) is 5.20. The van der Waals surface area contributed by atoms with Gasteiger partial charge < -0.3 is 28.4 Å². The summed E-state index contributed by atoms with van der Waals surface area (Å²) >= 11 is 4.82. The fourth-order valence-corrected chi connectivity index (χ4v) is 6.67. The van der Waals surface area contributed by atoms with Crippen molar-refractivity contribution in [2.45, 2.75) is 33.4 Å². The molecule has 0 unspecified atom stereocenters. The van der Waals surface area contributed by atoms with Crippen LogP contribution < -0.4 is 33.8 Å². The molecule has 0 N–H and O–H groups in total.